The quantitative estimate of drug-likeness (QED) is 0.625. The van der Waals surface area contributed by atoms with Gasteiger partial charge in [0.05, 0.1) is 12.0 Å². The Morgan fingerprint density at radius 1 is 1.36 bits per heavy atom. The maximum Gasteiger partial charge on any atom is 0.228 e. The number of rotatable bonds is 8. The Labute approximate surface area is 132 Å². The van der Waals surface area contributed by atoms with Crippen molar-refractivity contribution in [3.63, 3.8) is 0 Å². The third kappa shape index (κ3) is 4.68. The summed E-state index contributed by atoms with van der Waals surface area (Å²) in [5.74, 6) is 0.983. The van der Waals surface area contributed by atoms with Crippen LogP contribution in [-0.2, 0) is 9.53 Å². The molecule has 2 heterocycles. The molecule has 0 aliphatic carbocycles. The van der Waals surface area contributed by atoms with Gasteiger partial charge in [0.15, 0.2) is 0 Å². The van der Waals surface area contributed by atoms with Crippen molar-refractivity contribution in [1.29, 1.82) is 0 Å². The van der Waals surface area contributed by atoms with Crippen LogP contribution in [0.15, 0.2) is 24.4 Å². The summed E-state index contributed by atoms with van der Waals surface area (Å²) in [7, 11) is 1.66. The second kappa shape index (κ2) is 8.70. The van der Waals surface area contributed by atoms with Crippen LogP contribution in [-0.4, -0.2) is 50.8 Å². The van der Waals surface area contributed by atoms with Crippen molar-refractivity contribution in [2.24, 2.45) is 5.41 Å². The van der Waals surface area contributed by atoms with Crippen LogP contribution in [0.2, 0.25) is 0 Å². The van der Waals surface area contributed by atoms with E-state index in [1.807, 2.05) is 18.2 Å². The number of pyridine rings is 1. The van der Waals surface area contributed by atoms with Crippen molar-refractivity contribution in [2.45, 2.75) is 19.3 Å². The van der Waals surface area contributed by atoms with Crippen molar-refractivity contribution in [3.8, 4) is 0 Å². The lowest BCUT2D eigenvalue weighted by molar-refractivity contribution is -0.136. The molecule has 1 fully saturated rings. The minimum Gasteiger partial charge on any atom is -0.384 e. The first kappa shape index (κ1) is 16.7. The summed E-state index contributed by atoms with van der Waals surface area (Å²) < 4.78 is 5.28. The second-order valence-electron chi connectivity index (χ2n) is 5.71. The number of hydrogen-bond acceptors (Lipinski definition) is 5. The van der Waals surface area contributed by atoms with Crippen LogP contribution in [0.25, 0.3) is 0 Å². The minimum absolute atomic E-state index is 0.119. The third-order valence-corrected chi connectivity index (χ3v) is 4.07. The number of hydrogen-bond donors (Lipinski definition) is 3. The van der Waals surface area contributed by atoms with Crippen LogP contribution in [0.3, 0.4) is 0 Å². The van der Waals surface area contributed by atoms with Crippen molar-refractivity contribution < 1.29 is 9.53 Å². The number of carbonyl (C=O) groups excluding carboxylic acids is 1. The Balaban J connectivity index is 1.69. The average molecular weight is 306 g/mol. The van der Waals surface area contributed by atoms with Gasteiger partial charge in [0.1, 0.15) is 5.82 Å². The fourth-order valence-corrected chi connectivity index (χ4v) is 2.78. The summed E-state index contributed by atoms with van der Waals surface area (Å²) in [5.41, 5.74) is -0.367. The number of anilines is 1. The van der Waals surface area contributed by atoms with E-state index in [0.717, 1.165) is 44.7 Å². The van der Waals surface area contributed by atoms with Crippen LogP contribution >= 0.6 is 0 Å². The number of aromatic nitrogens is 1. The van der Waals surface area contributed by atoms with Gasteiger partial charge >= 0.3 is 0 Å². The van der Waals surface area contributed by atoms with Crippen molar-refractivity contribution in [1.82, 2.24) is 15.6 Å². The van der Waals surface area contributed by atoms with E-state index in [1.54, 1.807) is 13.3 Å². The van der Waals surface area contributed by atoms with Gasteiger partial charge in [-0.05, 0) is 44.5 Å². The summed E-state index contributed by atoms with van der Waals surface area (Å²) in [6.07, 6.45) is 4.29. The Kier molecular flexibility index (Phi) is 6.61. The molecule has 6 heteroatoms. The molecule has 2 rings (SSSR count). The molecule has 0 saturated carbocycles. The smallest absolute Gasteiger partial charge is 0.228 e. The lowest BCUT2D eigenvalue weighted by Gasteiger charge is -2.35. The molecule has 1 aromatic heterocycles. The van der Waals surface area contributed by atoms with E-state index < -0.39 is 0 Å². The third-order valence-electron chi connectivity index (χ3n) is 4.07. The molecule has 1 aromatic rings. The summed E-state index contributed by atoms with van der Waals surface area (Å²) in [5, 5.41) is 9.59. The molecule has 1 aliphatic rings. The maximum absolute atomic E-state index is 12.5. The van der Waals surface area contributed by atoms with Crippen molar-refractivity contribution in [2.75, 3.05) is 45.2 Å². The predicted molar refractivity (Wildman–Crippen MR) is 86.8 cm³/mol. The fourth-order valence-electron chi connectivity index (χ4n) is 2.78. The zero-order valence-electron chi connectivity index (χ0n) is 13.2. The summed E-state index contributed by atoms with van der Waals surface area (Å²) in [6.45, 7) is 3.69. The van der Waals surface area contributed by atoms with E-state index in [9.17, 15) is 4.79 Å². The Bertz CT molecular complexity index is 441. The molecule has 0 unspecified atom stereocenters. The van der Waals surface area contributed by atoms with Gasteiger partial charge in [0.25, 0.3) is 0 Å². The van der Waals surface area contributed by atoms with Crippen LogP contribution in [0.4, 0.5) is 5.82 Å². The standard InChI is InChI=1S/C16H26N4O2/c1-22-13-16(6-11-17-12-7-16)15(21)20-10-4-9-19-14-5-2-3-8-18-14/h2-3,5,8,17H,4,6-7,9-13H2,1H3,(H,18,19)(H,20,21). The second-order valence-corrected chi connectivity index (χ2v) is 5.71. The van der Waals surface area contributed by atoms with Gasteiger partial charge in [-0.3, -0.25) is 4.79 Å². The molecule has 6 nitrogen and oxygen atoms in total. The predicted octanol–water partition coefficient (Wildman–Crippen LogP) is 1.02. The maximum atomic E-state index is 12.5. The van der Waals surface area contributed by atoms with Gasteiger partial charge in [0, 0.05) is 26.4 Å². The topological polar surface area (TPSA) is 75.3 Å². The highest BCUT2D eigenvalue weighted by Crippen LogP contribution is 2.29. The molecule has 0 atom stereocenters. The van der Waals surface area contributed by atoms with Crippen LogP contribution in [0.1, 0.15) is 19.3 Å². The number of ether oxygens (including phenoxy) is 1. The lowest BCUT2D eigenvalue weighted by Crippen LogP contribution is -2.50. The highest BCUT2D eigenvalue weighted by Gasteiger charge is 2.39. The van der Waals surface area contributed by atoms with Crippen molar-refractivity contribution in [3.05, 3.63) is 24.4 Å². The van der Waals surface area contributed by atoms with Gasteiger partial charge < -0.3 is 20.7 Å². The number of amides is 1. The molecule has 0 radical (unpaired) electrons. The summed E-state index contributed by atoms with van der Waals surface area (Å²) >= 11 is 0. The summed E-state index contributed by atoms with van der Waals surface area (Å²) in [6, 6.07) is 5.77. The van der Waals surface area contributed by atoms with E-state index in [1.165, 1.54) is 0 Å². The number of nitrogens with zero attached hydrogens (tertiary/aromatic N) is 1. The fraction of sp³-hybridized carbons (Fsp3) is 0.625. The number of methoxy groups -OCH3 is 1. The molecule has 0 bridgehead atoms. The average Bonchev–Trinajstić information content (AvgIpc) is 2.56. The van der Waals surface area contributed by atoms with E-state index >= 15 is 0 Å². The zero-order chi connectivity index (χ0) is 15.7. The molecule has 0 aromatic carbocycles. The van der Waals surface area contributed by atoms with Gasteiger partial charge in [-0.25, -0.2) is 4.98 Å². The first-order valence-corrected chi connectivity index (χ1v) is 7.90. The van der Waals surface area contributed by atoms with Crippen LogP contribution in [0.5, 0.6) is 0 Å². The van der Waals surface area contributed by atoms with Gasteiger partial charge in [-0.1, -0.05) is 6.07 Å². The molecule has 22 heavy (non-hydrogen) atoms. The van der Waals surface area contributed by atoms with E-state index in [2.05, 4.69) is 20.9 Å². The Morgan fingerprint density at radius 2 is 2.18 bits per heavy atom. The van der Waals surface area contributed by atoms with Gasteiger partial charge in [-0.15, -0.1) is 0 Å². The molecular weight excluding hydrogens is 280 g/mol. The largest absolute Gasteiger partial charge is 0.384 e. The molecule has 3 N–H and O–H groups in total. The van der Waals surface area contributed by atoms with E-state index in [0.29, 0.717) is 13.2 Å². The van der Waals surface area contributed by atoms with E-state index in [-0.39, 0.29) is 11.3 Å². The molecule has 1 aliphatic heterocycles. The lowest BCUT2D eigenvalue weighted by atomic mass is 9.78. The molecule has 0 spiro atoms. The van der Waals surface area contributed by atoms with E-state index in [4.69, 9.17) is 4.74 Å². The monoisotopic (exact) mass is 306 g/mol. The minimum atomic E-state index is -0.367. The molecule has 1 saturated heterocycles. The highest BCUT2D eigenvalue weighted by molar-refractivity contribution is 5.83. The number of nitrogens with one attached hydrogen (secondary N) is 3. The molecule has 122 valence electrons. The summed E-state index contributed by atoms with van der Waals surface area (Å²) in [4.78, 5) is 16.7. The van der Waals surface area contributed by atoms with Crippen molar-refractivity contribution >= 4 is 11.7 Å². The van der Waals surface area contributed by atoms with Gasteiger partial charge in [0.2, 0.25) is 5.91 Å². The molecule has 1 amide bonds. The Morgan fingerprint density at radius 3 is 2.86 bits per heavy atom. The normalized spacial score (nSPS) is 17.0. The first-order chi connectivity index (χ1) is 10.8. The van der Waals surface area contributed by atoms with Crippen LogP contribution in [0, 0.1) is 5.41 Å². The highest BCUT2D eigenvalue weighted by atomic mass is 16.5. The van der Waals surface area contributed by atoms with Crippen LogP contribution < -0.4 is 16.0 Å². The molecular formula is C16H26N4O2. The number of carbonyl (C=O) groups is 1. The Hall–Kier alpha value is -1.66. The zero-order valence-corrected chi connectivity index (χ0v) is 13.2. The first-order valence-electron chi connectivity index (χ1n) is 7.90. The van der Waals surface area contributed by atoms with Gasteiger partial charge in [-0.2, -0.15) is 0 Å². The SMILES string of the molecule is COCC1(C(=O)NCCCNc2ccccn2)CCNCC1. The number of piperidine rings is 1.